The van der Waals surface area contributed by atoms with E-state index in [4.69, 9.17) is 4.74 Å². The second-order valence-electron chi connectivity index (χ2n) is 9.60. The highest BCUT2D eigenvalue weighted by atomic mass is 16.5. The molecule has 0 amide bonds. The van der Waals surface area contributed by atoms with Crippen LogP contribution in [0.4, 0.5) is 0 Å². The minimum Gasteiger partial charge on any atom is -0.492 e. The van der Waals surface area contributed by atoms with Crippen molar-refractivity contribution in [2.45, 2.75) is 104 Å². The summed E-state index contributed by atoms with van der Waals surface area (Å²) in [6, 6.07) is 4.22. The molecule has 0 saturated heterocycles. The van der Waals surface area contributed by atoms with Crippen molar-refractivity contribution in [1.29, 1.82) is 0 Å². The van der Waals surface area contributed by atoms with Gasteiger partial charge in [0.05, 0.1) is 12.8 Å². The molecule has 0 spiro atoms. The van der Waals surface area contributed by atoms with Crippen molar-refractivity contribution in [2.75, 3.05) is 6.61 Å². The van der Waals surface area contributed by atoms with Gasteiger partial charge in [0.25, 0.3) is 0 Å². The van der Waals surface area contributed by atoms with Gasteiger partial charge in [0.15, 0.2) is 0 Å². The molecule has 2 aliphatic rings. The summed E-state index contributed by atoms with van der Waals surface area (Å²) in [5, 5.41) is 0. The Labute approximate surface area is 173 Å². The van der Waals surface area contributed by atoms with Gasteiger partial charge in [-0.3, -0.25) is 4.98 Å². The van der Waals surface area contributed by atoms with Crippen LogP contribution >= 0.6 is 0 Å². The lowest BCUT2D eigenvalue weighted by Gasteiger charge is -2.38. The molecule has 0 unspecified atom stereocenters. The Hall–Kier alpha value is -1.05. The first kappa shape index (κ1) is 21.7. The SMILES string of the molecule is CCCCCC1CCC(C2CCC(COc3ccc(CCC)nc3)CC2)CC1. The monoisotopic (exact) mass is 385 g/mol. The smallest absolute Gasteiger partial charge is 0.137 e. The van der Waals surface area contributed by atoms with E-state index in [2.05, 4.69) is 31.0 Å². The molecule has 1 aromatic rings. The number of aromatic nitrogens is 1. The van der Waals surface area contributed by atoms with Crippen molar-refractivity contribution in [1.82, 2.24) is 4.98 Å². The number of unbranched alkanes of at least 4 members (excludes halogenated alkanes) is 2. The Morgan fingerprint density at radius 3 is 2.07 bits per heavy atom. The van der Waals surface area contributed by atoms with Gasteiger partial charge in [-0.2, -0.15) is 0 Å². The highest BCUT2D eigenvalue weighted by Gasteiger charge is 2.30. The average Bonchev–Trinajstić information content (AvgIpc) is 2.75. The van der Waals surface area contributed by atoms with Crippen LogP contribution in [-0.4, -0.2) is 11.6 Å². The number of rotatable bonds is 10. The van der Waals surface area contributed by atoms with Crippen LogP contribution in [0.25, 0.3) is 0 Å². The molecule has 2 nitrogen and oxygen atoms in total. The van der Waals surface area contributed by atoms with Gasteiger partial charge in [-0.1, -0.05) is 58.8 Å². The normalized spacial score (nSPS) is 28.2. The zero-order chi connectivity index (χ0) is 19.6. The summed E-state index contributed by atoms with van der Waals surface area (Å²) in [6.45, 7) is 5.39. The van der Waals surface area contributed by atoms with Crippen LogP contribution in [0.1, 0.15) is 103 Å². The van der Waals surface area contributed by atoms with Crippen molar-refractivity contribution < 1.29 is 4.74 Å². The molecule has 0 aromatic carbocycles. The van der Waals surface area contributed by atoms with E-state index in [9.17, 15) is 0 Å². The maximum absolute atomic E-state index is 6.06. The first-order valence-corrected chi connectivity index (χ1v) is 12.4. The largest absolute Gasteiger partial charge is 0.492 e. The Balaban J connectivity index is 1.31. The van der Waals surface area contributed by atoms with Gasteiger partial charge >= 0.3 is 0 Å². The molecule has 2 fully saturated rings. The topological polar surface area (TPSA) is 22.1 Å². The summed E-state index contributed by atoms with van der Waals surface area (Å²) in [6.07, 6.45) is 21.5. The maximum atomic E-state index is 6.06. The zero-order valence-corrected chi connectivity index (χ0v) is 18.5. The zero-order valence-electron chi connectivity index (χ0n) is 18.5. The number of hydrogen-bond donors (Lipinski definition) is 0. The molecule has 1 aromatic heterocycles. The van der Waals surface area contributed by atoms with E-state index in [0.29, 0.717) is 0 Å². The van der Waals surface area contributed by atoms with Gasteiger partial charge in [0, 0.05) is 5.69 Å². The van der Waals surface area contributed by atoms with Crippen molar-refractivity contribution in [3.05, 3.63) is 24.0 Å². The predicted octanol–water partition coefficient (Wildman–Crippen LogP) is 7.61. The summed E-state index contributed by atoms with van der Waals surface area (Å²) in [5.41, 5.74) is 1.18. The van der Waals surface area contributed by atoms with Gasteiger partial charge in [-0.15, -0.1) is 0 Å². The molecule has 158 valence electrons. The molecule has 0 N–H and O–H groups in total. The second kappa shape index (κ2) is 11.8. The molecule has 0 radical (unpaired) electrons. The third-order valence-electron chi connectivity index (χ3n) is 7.45. The summed E-state index contributed by atoms with van der Waals surface area (Å²) in [7, 11) is 0. The van der Waals surface area contributed by atoms with Gasteiger partial charge in [0.1, 0.15) is 5.75 Å². The summed E-state index contributed by atoms with van der Waals surface area (Å²) >= 11 is 0. The molecular formula is C26H43NO. The molecule has 0 aliphatic heterocycles. The fraction of sp³-hybridized carbons (Fsp3) is 0.808. The van der Waals surface area contributed by atoms with E-state index in [1.54, 1.807) is 0 Å². The number of hydrogen-bond acceptors (Lipinski definition) is 2. The summed E-state index contributed by atoms with van der Waals surface area (Å²) in [4.78, 5) is 4.51. The molecule has 0 atom stereocenters. The standard InChI is InChI=1S/C26H43NO/c1-3-5-6-8-21-9-13-23(14-10-21)24-15-11-22(12-16-24)20-28-26-18-17-25(7-4-2)27-19-26/h17-19,21-24H,3-16,20H2,1-2H3. The fourth-order valence-electron chi connectivity index (χ4n) is 5.57. The van der Waals surface area contributed by atoms with E-state index in [-0.39, 0.29) is 0 Å². The predicted molar refractivity (Wildman–Crippen MR) is 119 cm³/mol. The van der Waals surface area contributed by atoms with Gasteiger partial charge in [-0.25, -0.2) is 0 Å². The maximum Gasteiger partial charge on any atom is 0.137 e. The molecular weight excluding hydrogens is 342 g/mol. The number of ether oxygens (including phenoxy) is 1. The van der Waals surface area contributed by atoms with Crippen LogP contribution in [0.3, 0.4) is 0 Å². The minimum absolute atomic E-state index is 0.747. The molecule has 28 heavy (non-hydrogen) atoms. The lowest BCUT2D eigenvalue weighted by atomic mass is 9.69. The van der Waals surface area contributed by atoms with Crippen molar-refractivity contribution in [3.8, 4) is 5.75 Å². The Morgan fingerprint density at radius 2 is 1.50 bits per heavy atom. The Kier molecular flexibility index (Phi) is 9.15. The van der Waals surface area contributed by atoms with E-state index in [1.165, 1.54) is 82.7 Å². The lowest BCUT2D eigenvalue weighted by Crippen LogP contribution is -2.27. The lowest BCUT2D eigenvalue weighted by molar-refractivity contribution is 0.121. The van der Waals surface area contributed by atoms with Gasteiger partial charge in [0.2, 0.25) is 0 Å². The first-order chi connectivity index (χ1) is 13.8. The van der Waals surface area contributed by atoms with Crippen LogP contribution in [-0.2, 0) is 6.42 Å². The van der Waals surface area contributed by atoms with Gasteiger partial charge in [-0.05, 0) is 80.8 Å². The summed E-state index contributed by atoms with van der Waals surface area (Å²) in [5.74, 6) is 4.77. The van der Waals surface area contributed by atoms with E-state index < -0.39 is 0 Å². The highest BCUT2D eigenvalue weighted by molar-refractivity contribution is 5.19. The molecule has 2 heteroatoms. The second-order valence-corrected chi connectivity index (χ2v) is 9.60. The van der Waals surface area contributed by atoms with Crippen LogP contribution in [0.2, 0.25) is 0 Å². The van der Waals surface area contributed by atoms with Crippen LogP contribution in [0, 0.1) is 23.7 Å². The number of pyridine rings is 1. The Morgan fingerprint density at radius 1 is 0.821 bits per heavy atom. The minimum atomic E-state index is 0.747. The van der Waals surface area contributed by atoms with Crippen LogP contribution in [0.15, 0.2) is 18.3 Å². The van der Waals surface area contributed by atoms with Crippen molar-refractivity contribution in [2.24, 2.45) is 23.7 Å². The molecule has 3 rings (SSSR count). The van der Waals surface area contributed by atoms with E-state index in [1.807, 2.05) is 6.20 Å². The van der Waals surface area contributed by atoms with Crippen molar-refractivity contribution in [3.63, 3.8) is 0 Å². The summed E-state index contributed by atoms with van der Waals surface area (Å²) < 4.78 is 6.06. The van der Waals surface area contributed by atoms with E-state index >= 15 is 0 Å². The number of nitrogens with zero attached hydrogens (tertiary/aromatic N) is 1. The van der Waals surface area contributed by atoms with Crippen LogP contribution < -0.4 is 4.74 Å². The molecule has 1 heterocycles. The fourth-order valence-corrected chi connectivity index (χ4v) is 5.57. The van der Waals surface area contributed by atoms with Gasteiger partial charge < -0.3 is 4.74 Å². The quantitative estimate of drug-likeness (QED) is 0.387. The average molecular weight is 386 g/mol. The van der Waals surface area contributed by atoms with E-state index in [0.717, 1.165) is 48.9 Å². The third-order valence-corrected chi connectivity index (χ3v) is 7.45. The first-order valence-electron chi connectivity index (χ1n) is 12.4. The molecule has 2 aliphatic carbocycles. The third kappa shape index (κ3) is 6.78. The molecule has 2 saturated carbocycles. The van der Waals surface area contributed by atoms with Crippen molar-refractivity contribution >= 4 is 0 Å². The molecule has 0 bridgehead atoms. The Bertz CT molecular complexity index is 524. The number of aryl methyl sites for hydroxylation is 1. The van der Waals surface area contributed by atoms with Crippen LogP contribution in [0.5, 0.6) is 5.75 Å². The highest BCUT2D eigenvalue weighted by Crippen LogP contribution is 2.42.